The summed E-state index contributed by atoms with van der Waals surface area (Å²) >= 11 is 0. The van der Waals surface area contributed by atoms with Crippen LogP contribution in [0, 0.1) is 11.6 Å². The van der Waals surface area contributed by atoms with Crippen molar-refractivity contribution in [1.29, 1.82) is 0 Å². The van der Waals surface area contributed by atoms with Crippen LogP contribution >= 0.6 is 0 Å². The van der Waals surface area contributed by atoms with E-state index < -0.39 is 11.6 Å². The van der Waals surface area contributed by atoms with Crippen LogP contribution < -0.4 is 4.74 Å². The van der Waals surface area contributed by atoms with Crippen LogP contribution in [0.25, 0.3) is 0 Å². The molecule has 0 aliphatic heterocycles. The molecule has 0 heterocycles. The van der Waals surface area contributed by atoms with Gasteiger partial charge in [-0.1, -0.05) is 95.9 Å². The molecule has 0 unspecified atom stereocenters. The monoisotopic (exact) mass is 443 g/mol. The van der Waals surface area contributed by atoms with Crippen molar-refractivity contribution in [3.63, 3.8) is 0 Å². The van der Waals surface area contributed by atoms with Gasteiger partial charge in [0.2, 0.25) is 5.82 Å². The maximum absolute atomic E-state index is 14.4. The van der Waals surface area contributed by atoms with Gasteiger partial charge >= 0.3 is 0 Å². The summed E-state index contributed by atoms with van der Waals surface area (Å²) in [4.78, 5) is 4.15. The molecule has 0 atom stereocenters. The van der Waals surface area contributed by atoms with Gasteiger partial charge in [-0.3, -0.25) is 4.99 Å². The van der Waals surface area contributed by atoms with Crippen molar-refractivity contribution in [3.8, 4) is 5.75 Å². The first-order valence-electron chi connectivity index (χ1n) is 12.4. The molecule has 0 aromatic heterocycles. The second-order valence-electron chi connectivity index (χ2n) is 8.49. The molecule has 0 N–H and O–H groups in total. The zero-order chi connectivity index (χ0) is 23.0. The normalized spacial score (nSPS) is 11.4. The van der Waals surface area contributed by atoms with Gasteiger partial charge in [-0.2, -0.15) is 4.39 Å². The number of aliphatic imine (C=N–C) groups is 1. The van der Waals surface area contributed by atoms with E-state index in [0.29, 0.717) is 6.61 Å². The summed E-state index contributed by atoms with van der Waals surface area (Å²) in [7, 11) is 0. The summed E-state index contributed by atoms with van der Waals surface area (Å²) in [5.41, 5.74) is 2.14. The van der Waals surface area contributed by atoms with Crippen molar-refractivity contribution in [3.05, 3.63) is 59.2 Å². The van der Waals surface area contributed by atoms with E-state index in [9.17, 15) is 8.78 Å². The molecule has 2 nitrogen and oxygen atoms in total. The summed E-state index contributed by atoms with van der Waals surface area (Å²) in [6.45, 7) is 4.80. The zero-order valence-corrected chi connectivity index (χ0v) is 19.8. The Bertz CT molecular complexity index is 802. The van der Waals surface area contributed by atoms with Crippen molar-refractivity contribution in [2.45, 2.75) is 90.9 Å². The molecule has 4 heteroatoms. The standard InChI is InChI=1S/C28H39F2NO/c1-3-5-7-9-11-13-21-32-26-20-19-25(27(29)28(26)30)31-22-24-17-15-23(16-18-24)14-12-10-8-6-4-2/h15-20,22H,3-14,21H2,1-2H3/b31-22-. The third kappa shape index (κ3) is 9.50. The van der Waals surface area contributed by atoms with Crippen LogP contribution in [0.5, 0.6) is 5.75 Å². The van der Waals surface area contributed by atoms with E-state index >= 15 is 0 Å². The predicted octanol–water partition coefficient (Wildman–Crippen LogP) is 8.97. The minimum atomic E-state index is -0.968. The smallest absolute Gasteiger partial charge is 0.202 e. The quantitative estimate of drug-likeness (QED) is 0.187. The van der Waals surface area contributed by atoms with Gasteiger partial charge in [0.05, 0.1) is 6.61 Å². The lowest BCUT2D eigenvalue weighted by Crippen LogP contribution is -2.01. The summed E-state index contributed by atoms with van der Waals surface area (Å²) in [5, 5.41) is 0. The Morgan fingerprint density at radius 3 is 2.03 bits per heavy atom. The highest BCUT2D eigenvalue weighted by molar-refractivity contribution is 5.82. The molecule has 0 radical (unpaired) electrons. The molecule has 0 saturated carbocycles. The summed E-state index contributed by atoms with van der Waals surface area (Å²) < 4.78 is 34.2. The van der Waals surface area contributed by atoms with E-state index in [-0.39, 0.29) is 11.4 Å². The fourth-order valence-corrected chi connectivity index (χ4v) is 3.64. The molecule has 0 bridgehead atoms. The summed E-state index contributed by atoms with van der Waals surface area (Å²) in [6.07, 6.45) is 15.7. The Labute approximate surface area is 193 Å². The second-order valence-corrected chi connectivity index (χ2v) is 8.49. The predicted molar refractivity (Wildman–Crippen MR) is 131 cm³/mol. The van der Waals surface area contributed by atoms with Gasteiger partial charge in [-0.15, -0.1) is 0 Å². The Morgan fingerprint density at radius 2 is 1.34 bits per heavy atom. The second kappa shape index (κ2) is 15.6. The SMILES string of the molecule is CCCCCCCCOc1ccc(/N=C\c2ccc(CCCCCCC)cc2)c(F)c1F. The van der Waals surface area contributed by atoms with Crippen LogP contribution in [0.2, 0.25) is 0 Å². The van der Waals surface area contributed by atoms with Gasteiger partial charge in [0.25, 0.3) is 0 Å². The number of unbranched alkanes of at least 4 members (excludes halogenated alkanes) is 9. The first-order valence-corrected chi connectivity index (χ1v) is 12.4. The molecule has 0 aliphatic rings. The molecular weight excluding hydrogens is 404 g/mol. The van der Waals surface area contributed by atoms with Crippen LogP contribution in [0.3, 0.4) is 0 Å². The fourth-order valence-electron chi connectivity index (χ4n) is 3.64. The molecule has 0 aliphatic carbocycles. The minimum absolute atomic E-state index is 0.0191. The number of aryl methyl sites for hydroxylation is 1. The third-order valence-corrected chi connectivity index (χ3v) is 5.68. The number of ether oxygens (including phenoxy) is 1. The molecule has 0 fully saturated rings. The molecule has 0 saturated heterocycles. The first-order chi connectivity index (χ1) is 15.7. The van der Waals surface area contributed by atoms with Crippen LogP contribution in [-0.4, -0.2) is 12.8 Å². The highest BCUT2D eigenvalue weighted by atomic mass is 19.2. The van der Waals surface area contributed by atoms with Gasteiger partial charge in [-0.25, -0.2) is 4.39 Å². The van der Waals surface area contributed by atoms with Crippen molar-refractivity contribution in [2.24, 2.45) is 4.99 Å². The Kier molecular flexibility index (Phi) is 12.6. The van der Waals surface area contributed by atoms with E-state index in [4.69, 9.17) is 4.74 Å². The highest BCUT2D eigenvalue weighted by Gasteiger charge is 2.14. The van der Waals surface area contributed by atoms with Crippen molar-refractivity contribution >= 4 is 11.9 Å². The Morgan fingerprint density at radius 1 is 0.719 bits per heavy atom. The Hall–Kier alpha value is -2.23. The zero-order valence-electron chi connectivity index (χ0n) is 19.8. The number of halogens is 2. The van der Waals surface area contributed by atoms with E-state index in [1.807, 2.05) is 12.1 Å². The van der Waals surface area contributed by atoms with Crippen molar-refractivity contribution in [2.75, 3.05) is 6.61 Å². The average molecular weight is 444 g/mol. The van der Waals surface area contributed by atoms with E-state index in [1.54, 1.807) is 6.21 Å². The van der Waals surface area contributed by atoms with Gasteiger partial charge in [-0.05, 0) is 42.5 Å². The molecule has 0 amide bonds. The van der Waals surface area contributed by atoms with Gasteiger partial charge < -0.3 is 4.74 Å². The van der Waals surface area contributed by atoms with Gasteiger partial charge in [0.1, 0.15) is 5.69 Å². The fraction of sp³-hybridized carbons (Fsp3) is 0.536. The maximum atomic E-state index is 14.4. The number of benzene rings is 2. The van der Waals surface area contributed by atoms with E-state index in [1.165, 1.54) is 69.1 Å². The topological polar surface area (TPSA) is 21.6 Å². The molecule has 0 spiro atoms. The number of hydrogen-bond acceptors (Lipinski definition) is 2. The van der Waals surface area contributed by atoms with Crippen LogP contribution in [0.1, 0.15) is 95.6 Å². The van der Waals surface area contributed by atoms with Crippen LogP contribution in [0.15, 0.2) is 41.4 Å². The molecule has 2 rings (SSSR count). The van der Waals surface area contributed by atoms with Crippen LogP contribution in [-0.2, 0) is 6.42 Å². The average Bonchev–Trinajstić information content (AvgIpc) is 2.81. The Balaban J connectivity index is 1.82. The molecular formula is C28H39F2NO. The first kappa shape index (κ1) is 26.0. The van der Waals surface area contributed by atoms with Gasteiger partial charge in [0, 0.05) is 6.21 Å². The lowest BCUT2D eigenvalue weighted by molar-refractivity contribution is 0.285. The van der Waals surface area contributed by atoms with E-state index in [2.05, 4.69) is 31.0 Å². The highest BCUT2D eigenvalue weighted by Crippen LogP contribution is 2.28. The molecule has 2 aromatic carbocycles. The molecule has 2 aromatic rings. The summed E-state index contributed by atoms with van der Waals surface area (Å²) in [6, 6.07) is 11.0. The summed E-state index contributed by atoms with van der Waals surface area (Å²) in [5.74, 6) is -1.98. The lowest BCUT2D eigenvalue weighted by Gasteiger charge is -2.09. The van der Waals surface area contributed by atoms with Gasteiger partial charge in [0.15, 0.2) is 11.6 Å². The number of hydrogen-bond donors (Lipinski definition) is 0. The lowest BCUT2D eigenvalue weighted by atomic mass is 10.0. The van der Waals surface area contributed by atoms with Crippen molar-refractivity contribution < 1.29 is 13.5 Å². The van der Waals surface area contributed by atoms with Crippen LogP contribution in [0.4, 0.5) is 14.5 Å². The maximum Gasteiger partial charge on any atom is 0.202 e. The molecule has 32 heavy (non-hydrogen) atoms. The minimum Gasteiger partial charge on any atom is -0.490 e. The largest absolute Gasteiger partial charge is 0.490 e. The van der Waals surface area contributed by atoms with E-state index in [0.717, 1.165) is 31.2 Å². The third-order valence-electron chi connectivity index (χ3n) is 5.68. The number of rotatable bonds is 16. The van der Waals surface area contributed by atoms with Crippen molar-refractivity contribution in [1.82, 2.24) is 0 Å². The number of nitrogens with zero attached hydrogens (tertiary/aromatic N) is 1. The molecule has 176 valence electrons.